The number of aromatic nitrogens is 2. The highest BCUT2D eigenvalue weighted by molar-refractivity contribution is 6.35. The Balaban J connectivity index is 2.82. The normalized spacial score (nSPS) is 11.0. The van der Waals surface area contributed by atoms with Gasteiger partial charge in [-0.3, -0.25) is 5.10 Å². The van der Waals surface area contributed by atoms with Gasteiger partial charge in [-0.25, -0.2) is 4.39 Å². The molecule has 0 saturated heterocycles. The number of H-pyrrole nitrogens is 1. The Labute approximate surface area is 79.7 Å². The van der Waals surface area contributed by atoms with Gasteiger partial charge in [0.15, 0.2) is 0 Å². The van der Waals surface area contributed by atoms with Crippen LogP contribution in [0.3, 0.4) is 0 Å². The van der Waals surface area contributed by atoms with Crippen molar-refractivity contribution >= 4 is 22.5 Å². The van der Waals surface area contributed by atoms with Crippen LogP contribution in [0.5, 0.6) is 0 Å². The van der Waals surface area contributed by atoms with Gasteiger partial charge >= 0.3 is 0 Å². The first-order chi connectivity index (χ1) is 6.22. The summed E-state index contributed by atoms with van der Waals surface area (Å²) in [5, 5.41) is 7.96. The molecule has 0 aliphatic carbocycles. The minimum atomic E-state index is -0.325. The Kier molecular flexibility index (Phi) is 1.96. The highest BCUT2D eigenvalue weighted by Gasteiger charge is 2.08. The van der Waals surface area contributed by atoms with Crippen molar-refractivity contribution in [1.29, 1.82) is 0 Å². The number of benzene rings is 1. The van der Waals surface area contributed by atoms with E-state index in [4.69, 9.17) is 11.6 Å². The largest absolute Gasteiger partial charge is 0.281 e. The van der Waals surface area contributed by atoms with Gasteiger partial charge in [0.1, 0.15) is 11.3 Å². The van der Waals surface area contributed by atoms with Crippen molar-refractivity contribution in [2.24, 2.45) is 0 Å². The Morgan fingerprint density at radius 2 is 2.31 bits per heavy atom. The number of aryl methyl sites for hydroxylation is 1. The first kappa shape index (κ1) is 8.51. The molecule has 0 fully saturated rings. The van der Waals surface area contributed by atoms with E-state index in [0.29, 0.717) is 10.5 Å². The molecular weight excluding hydrogens is 191 g/mol. The molecule has 0 spiro atoms. The second-order valence-electron chi connectivity index (χ2n) is 2.84. The lowest BCUT2D eigenvalue weighted by atomic mass is 10.2. The highest BCUT2D eigenvalue weighted by atomic mass is 35.5. The maximum Gasteiger partial charge on any atom is 0.125 e. The zero-order valence-electron chi connectivity index (χ0n) is 7.06. The summed E-state index contributed by atoms with van der Waals surface area (Å²) >= 11 is 5.81. The Morgan fingerprint density at radius 1 is 1.54 bits per heavy atom. The summed E-state index contributed by atoms with van der Waals surface area (Å²) in [7, 11) is 0. The molecule has 2 nitrogen and oxygen atoms in total. The third kappa shape index (κ3) is 1.29. The first-order valence-electron chi connectivity index (χ1n) is 4.04. The van der Waals surface area contributed by atoms with Gasteiger partial charge in [-0.15, -0.1) is 0 Å². The van der Waals surface area contributed by atoms with E-state index in [9.17, 15) is 4.39 Å². The van der Waals surface area contributed by atoms with Gasteiger partial charge in [0, 0.05) is 11.1 Å². The number of aromatic amines is 1. The van der Waals surface area contributed by atoms with Crippen LogP contribution < -0.4 is 0 Å². The van der Waals surface area contributed by atoms with Gasteiger partial charge in [-0.2, -0.15) is 5.10 Å². The van der Waals surface area contributed by atoms with Crippen molar-refractivity contribution in [3.63, 3.8) is 0 Å². The lowest BCUT2D eigenvalue weighted by Gasteiger charge is -1.94. The van der Waals surface area contributed by atoms with Crippen molar-refractivity contribution in [1.82, 2.24) is 10.2 Å². The minimum Gasteiger partial charge on any atom is -0.281 e. The van der Waals surface area contributed by atoms with E-state index in [1.807, 2.05) is 6.92 Å². The number of fused-ring (bicyclic) bond motifs is 1. The molecule has 2 rings (SSSR count). The van der Waals surface area contributed by atoms with Crippen molar-refractivity contribution in [2.75, 3.05) is 0 Å². The molecule has 1 aromatic heterocycles. The lowest BCUT2D eigenvalue weighted by Crippen LogP contribution is -1.80. The molecule has 0 saturated carbocycles. The molecule has 13 heavy (non-hydrogen) atoms. The van der Waals surface area contributed by atoms with Crippen molar-refractivity contribution < 1.29 is 4.39 Å². The Morgan fingerprint density at radius 3 is 3.00 bits per heavy atom. The fourth-order valence-electron chi connectivity index (χ4n) is 1.36. The topological polar surface area (TPSA) is 28.7 Å². The van der Waals surface area contributed by atoms with E-state index in [1.54, 1.807) is 0 Å². The van der Waals surface area contributed by atoms with Crippen molar-refractivity contribution in [3.8, 4) is 0 Å². The van der Waals surface area contributed by atoms with Gasteiger partial charge in [-0.1, -0.05) is 18.5 Å². The smallest absolute Gasteiger partial charge is 0.125 e. The molecule has 1 heterocycles. The average molecular weight is 199 g/mol. The molecule has 4 heteroatoms. The zero-order chi connectivity index (χ0) is 9.42. The van der Waals surface area contributed by atoms with Crippen LogP contribution in [0, 0.1) is 5.82 Å². The number of hydrogen-bond donors (Lipinski definition) is 1. The predicted molar refractivity (Wildman–Crippen MR) is 50.4 cm³/mol. The van der Waals surface area contributed by atoms with E-state index in [-0.39, 0.29) is 5.82 Å². The monoisotopic (exact) mass is 198 g/mol. The summed E-state index contributed by atoms with van der Waals surface area (Å²) in [6.07, 6.45) is 0.788. The summed E-state index contributed by atoms with van der Waals surface area (Å²) in [6.45, 7) is 1.98. The third-order valence-corrected chi connectivity index (χ3v) is 2.30. The van der Waals surface area contributed by atoms with E-state index in [1.165, 1.54) is 12.1 Å². The maximum atomic E-state index is 13.0. The molecular formula is C9H8ClFN2. The van der Waals surface area contributed by atoms with E-state index in [0.717, 1.165) is 17.5 Å². The van der Waals surface area contributed by atoms with Crippen molar-refractivity contribution in [3.05, 3.63) is 28.7 Å². The number of halogens is 2. The standard InChI is InChI=1S/C9H8ClFN2/c1-2-8-6-3-5(11)4-7(10)9(6)13-12-8/h3-4H,2H2,1H3,(H,12,13). The summed E-state index contributed by atoms with van der Waals surface area (Å²) in [5.41, 5.74) is 1.55. The second-order valence-corrected chi connectivity index (χ2v) is 3.25. The summed E-state index contributed by atoms with van der Waals surface area (Å²) in [4.78, 5) is 0. The van der Waals surface area contributed by atoms with E-state index < -0.39 is 0 Å². The number of rotatable bonds is 1. The van der Waals surface area contributed by atoms with Gasteiger partial charge in [0.05, 0.1) is 5.02 Å². The first-order valence-corrected chi connectivity index (χ1v) is 4.42. The van der Waals surface area contributed by atoms with E-state index in [2.05, 4.69) is 10.2 Å². The fraction of sp³-hybridized carbons (Fsp3) is 0.222. The third-order valence-electron chi connectivity index (χ3n) is 2.01. The van der Waals surface area contributed by atoms with Crippen LogP contribution in [0.4, 0.5) is 4.39 Å². The molecule has 68 valence electrons. The number of nitrogens with one attached hydrogen (secondary N) is 1. The van der Waals surface area contributed by atoms with Crippen LogP contribution in [-0.4, -0.2) is 10.2 Å². The SMILES string of the molecule is CCc1[nH]nc2c(Cl)cc(F)cc12. The van der Waals surface area contributed by atoms with Gasteiger partial charge in [0.2, 0.25) is 0 Å². The molecule has 0 bridgehead atoms. The van der Waals surface area contributed by atoms with Gasteiger partial charge < -0.3 is 0 Å². The summed E-state index contributed by atoms with van der Waals surface area (Å²) in [6, 6.07) is 2.72. The van der Waals surface area contributed by atoms with Gasteiger partial charge in [0.25, 0.3) is 0 Å². The highest BCUT2D eigenvalue weighted by Crippen LogP contribution is 2.25. The minimum absolute atomic E-state index is 0.325. The molecule has 0 unspecified atom stereocenters. The van der Waals surface area contributed by atoms with Crippen LogP contribution in [0.25, 0.3) is 10.9 Å². The number of hydrogen-bond acceptors (Lipinski definition) is 1. The summed E-state index contributed by atoms with van der Waals surface area (Å²) in [5.74, 6) is -0.325. The molecule has 1 N–H and O–H groups in total. The summed E-state index contributed by atoms with van der Waals surface area (Å²) < 4.78 is 13.0. The molecule has 0 atom stereocenters. The predicted octanol–water partition coefficient (Wildman–Crippen LogP) is 2.92. The van der Waals surface area contributed by atoms with Crippen LogP contribution >= 0.6 is 11.6 Å². The lowest BCUT2D eigenvalue weighted by molar-refractivity contribution is 0.629. The van der Waals surface area contributed by atoms with Crippen LogP contribution in [-0.2, 0) is 6.42 Å². The Bertz CT molecular complexity index is 450. The van der Waals surface area contributed by atoms with Crippen molar-refractivity contribution in [2.45, 2.75) is 13.3 Å². The number of nitrogens with zero attached hydrogens (tertiary/aromatic N) is 1. The molecule has 0 amide bonds. The van der Waals surface area contributed by atoms with Crippen LogP contribution in [0.2, 0.25) is 5.02 Å². The Hall–Kier alpha value is -1.09. The average Bonchev–Trinajstić information content (AvgIpc) is 2.47. The zero-order valence-corrected chi connectivity index (χ0v) is 7.82. The van der Waals surface area contributed by atoms with Crippen LogP contribution in [0.1, 0.15) is 12.6 Å². The molecule has 2 aromatic rings. The maximum absolute atomic E-state index is 13.0. The molecule has 0 aliphatic rings. The van der Waals surface area contributed by atoms with Crippen LogP contribution in [0.15, 0.2) is 12.1 Å². The molecule has 1 aromatic carbocycles. The molecule has 0 aliphatic heterocycles. The fourth-order valence-corrected chi connectivity index (χ4v) is 1.61. The van der Waals surface area contributed by atoms with E-state index >= 15 is 0 Å². The van der Waals surface area contributed by atoms with Gasteiger partial charge in [-0.05, 0) is 18.6 Å². The molecule has 0 radical (unpaired) electrons. The second kappa shape index (κ2) is 3.00. The quantitative estimate of drug-likeness (QED) is 0.750.